The van der Waals surface area contributed by atoms with E-state index in [1.54, 1.807) is 12.1 Å². The normalized spacial score (nSPS) is 10.8. The van der Waals surface area contributed by atoms with E-state index >= 15 is 0 Å². The maximum Gasteiger partial charge on any atom is 0.223 e. The summed E-state index contributed by atoms with van der Waals surface area (Å²) in [5.41, 5.74) is 0.496. The van der Waals surface area contributed by atoms with E-state index in [2.05, 4.69) is 4.98 Å². The number of halogens is 3. The third-order valence-electron chi connectivity index (χ3n) is 3.07. The molecule has 5 heteroatoms. The molecular weight excluding hydrogens is 312 g/mol. The molecule has 0 N–H and O–H groups in total. The van der Waals surface area contributed by atoms with Gasteiger partial charge in [0.25, 0.3) is 0 Å². The fraction of sp³-hybridized carbons (Fsp3) is 0.0625. The van der Waals surface area contributed by atoms with Crippen molar-refractivity contribution >= 4 is 34.0 Å². The molecular formula is C16H10Cl2FNO. The van der Waals surface area contributed by atoms with Gasteiger partial charge in [0, 0.05) is 21.4 Å². The van der Waals surface area contributed by atoms with Crippen LogP contribution in [0, 0.1) is 5.82 Å². The number of benzene rings is 2. The number of aromatic nitrogens is 1. The average Bonchev–Trinajstić information content (AvgIpc) is 2.52. The van der Waals surface area contributed by atoms with Crippen molar-refractivity contribution < 1.29 is 9.13 Å². The molecule has 0 saturated carbocycles. The van der Waals surface area contributed by atoms with Gasteiger partial charge in [-0.3, -0.25) is 0 Å². The molecule has 3 aromatic rings. The van der Waals surface area contributed by atoms with Gasteiger partial charge in [-0.15, -0.1) is 11.6 Å². The van der Waals surface area contributed by atoms with E-state index < -0.39 is 5.82 Å². The van der Waals surface area contributed by atoms with Gasteiger partial charge in [-0.05, 0) is 18.2 Å². The number of nitrogens with zero attached hydrogens (tertiary/aromatic N) is 1. The summed E-state index contributed by atoms with van der Waals surface area (Å²) >= 11 is 12.0. The van der Waals surface area contributed by atoms with Crippen LogP contribution in [0.1, 0.15) is 5.56 Å². The number of ether oxygens (including phenoxy) is 1. The molecule has 0 bridgehead atoms. The zero-order valence-corrected chi connectivity index (χ0v) is 12.3. The Labute approximate surface area is 131 Å². The minimum absolute atomic E-state index is 0.117. The van der Waals surface area contributed by atoms with Crippen LogP contribution in [0.3, 0.4) is 0 Å². The largest absolute Gasteiger partial charge is 0.438 e. The molecule has 0 spiro atoms. The van der Waals surface area contributed by atoms with E-state index in [1.807, 2.05) is 24.3 Å². The maximum atomic E-state index is 13.2. The van der Waals surface area contributed by atoms with Crippen molar-refractivity contribution in [1.82, 2.24) is 4.98 Å². The molecule has 0 amide bonds. The van der Waals surface area contributed by atoms with Gasteiger partial charge in [0.2, 0.25) is 5.88 Å². The lowest BCUT2D eigenvalue weighted by molar-refractivity contribution is 0.459. The lowest BCUT2D eigenvalue weighted by Crippen LogP contribution is -1.95. The first-order valence-electron chi connectivity index (χ1n) is 6.24. The second-order valence-electron chi connectivity index (χ2n) is 4.44. The summed E-state index contributed by atoms with van der Waals surface area (Å²) in [4.78, 5) is 3.96. The molecule has 0 radical (unpaired) electrons. The highest BCUT2D eigenvalue weighted by molar-refractivity contribution is 6.35. The van der Waals surface area contributed by atoms with E-state index in [0.717, 1.165) is 17.0 Å². The van der Waals surface area contributed by atoms with Gasteiger partial charge < -0.3 is 4.74 Å². The van der Waals surface area contributed by atoms with Crippen molar-refractivity contribution in [2.75, 3.05) is 0 Å². The van der Waals surface area contributed by atoms with Crippen molar-refractivity contribution in [2.45, 2.75) is 5.88 Å². The predicted molar refractivity (Wildman–Crippen MR) is 82.8 cm³/mol. The molecule has 1 heterocycles. The van der Waals surface area contributed by atoms with Crippen LogP contribution in [-0.2, 0) is 5.88 Å². The van der Waals surface area contributed by atoms with Gasteiger partial charge in [-0.1, -0.05) is 35.9 Å². The summed E-state index contributed by atoms with van der Waals surface area (Å²) in [6, 6.07) is 12.4. The lowest BCUT2D eigenvalue weighted by Gasteiger charge is -2.11. The highest BCUT2D eigenvalue weighted by atomic mass is 35.5. The van der Waals surface area contributed by atoms with Crippen LogP contribution in [0.2, 0.25) is 5.02 Å². The molecule has 106 valence electrons. The van der Waals surface area contributed by atoms with Gasteiger partial charge in [0.1, 0.15) is 11.6 Å². The monoisotopic (exact) mass is 321 g/mol. The molecule has 1 aromatic heterocycles. The van der Waals surface area contributed by atoms with Crippen LogP contribution in [0.4, 0.5) is 4.39 Å². The Kier molecular flexibility index (Phi) is 3.95. The predicted octanol–water partition coefficient (Wildman–Crippen LogP) is 5.56. The quantitative estimate of drug-likeness (QED) is 0.589. The Morgan fingerprint density at radius 2 is 1.86 bits per heavy atom. The Hall–Kier alpha value is -1.84. The molecule has 2 aromatic carbocycles. The van der Waals surface area contributed by atoms with Crippen LogP contribution in [-0.4, -0.2) is 4.98 Å². The van der Waals surface area contributed by atoms with Crippen LogP contribution < -0.4 is 4.74 Å². The van der Waals surface area contributed by atoms with Crippen LogP contribution in [0.15, 0.2) is 48.7 Å². The molecule has 0 atom stereocenters. The van der Waals surface area contributed by atoms with Gasteiger partial charge in [-0.25, -0.2) is 9.37 Å². The van der Waals surface area contributed by atoms with E-state index in [1.165, 1.54) is 6.07 Å². The van der Waals surface area contributed by atoms with Gasteiger partial charge >= 0.3 is 0 Å². The highest BCUT2D eigenvalue weighted by Gasteiger charge is 2.11. The number of hydrogen-bond acceptors (Lipinski definition) is 2. The summed E-state index contributed by atoms with van der Waals surface area (Å²) in [5.74, 6) is 0.560. The maximum absolute atomic E-state index is 13.2. The van der Waals surface area contributed by atoms with Crippen molar-refractivity contribution in [3.63, 3.8) is 0 Å². The molecule has 0 aliphatic heterocycles. The second kappa shape index (κ2) is 5.88. The van der Waals surface area contributed by atoms with E-state index in [4.69, 9.17) is 27.9 Å². The SMILES string of the molecule is Fc1cnc(Oc2ccc(Cl)c3ccccc23)c(CCl)c1. The molecule has 0 aliphatic carbocycles. The lowest BCUT2D eigenvalue weighted by atomic mass is 10.1. The van der Waals surface area contributed by atoms with E-state index in [-0.39, 0.29) is 5.88 Å². The van der Waals surface area contributed by atoms with Crippen molar-refractivity contribution in [3.05, 3.63) is 65.1 Å². The smallest absolute Gasteiger partial charge is 0.223 e. The van der Waals surface area contributed by atoms with Crippen molar-refractivity contribution in [1.29, 1.82) is 0 Å². The number of hydrogen-bond donors (Lipinski definition) is 0. The molecule has 0 aliphatic rings. The van der Waals surface area contributed by atoms with E-state index in [0.29, 0.717) is 22.2 Å². The molecule has 21 heavy (non-hydrogen) atoms. The minimum atomic E-state index is -0.445. The fourth-order valence-corrected chi connectivity index (χ4v) is 2.50. The van der Waals surface area contributed by atoms with Gasteiger partial charge in [0.15, 0.2) is 0 Å². The molecule has 0 saturated heterocycles. The minimum Gasteiger partial charge on any atom is -0.438 e. The number of alkyl halides is 1. The molecule has 0 fully saturated rings. The number of fused-ring (bicyclic) bond motifs is 1. The summed E-state index contributed by atoms with van der Waals surface area (Å²) in [7, 11) is 0. The first-order valence-corrected chi connectivity index (χ1v) is 7.16. The summed E-state index contributed by atoms with van der Waals surface area (Å²) in [6.07, 6.45) is 1.10. The first-order chi connectivity index (χ1) is 10.2. The van der Waals surface area contributed by atoms with Crippen molar-refractivity contribution in [3.8, 4) is 11.6 Å². The summed E-state index contributed by atoms with van der Waals surface area (Å²) in [5, 5.41) is 2.38. The Morgan fingerprint density at radius 3 is 2.62 bits per heavy atom. The van der Waals surface area contributed by atoms with E-state index in [9.17, 15) is 4.39 Å². The molecule has 0 unspecified atom stereocenters. The summed E-state index contributed by atoms with van der Waals surface area (Å²) in [6.45, 7) is 0. The van der Waals surface area contributed by atoms with Gasteiger partial charge in [0.05, 0.1) is 12.1 Å². The number of rotatable bonds is 3. The third-order valence-corrected chi connectivity index (χ3v) is 3.69. The molecule has 2 nitrogen and oxygen atoms in total. The summed E-state index contributed by atoms with van der Waals surface area (Å²) < 4.78 is 19.0. The topological polar surface area (TPSA) is 22.1 Å². The van der Waals surface area contributed by atoms with Crippen LogP contribution in [0.25, 0.3) is 10.8 Å². The highest BCUT2D eigenvalue weighted by Crippen LogP contribution is 2.34. The number of pyridine rings is 1. The van der Waals surface area contributed by atoms with Gasteiger partial charge in [-0.2, -0.15) is 0 Å². The fourth-order valence-electron chi connectivity index (χ4n) is 2.08. The zero-order valence-electron chi connectivity index (χ0n) is 10.8. The third kappa shape index (κ3) is 2.80. The zero-order chi connectivity index (χ0) is 14.8. The van der Waals surface area contributed by atoms with Crippen molar-refractivity contribution in [2.24, 2.45) is 0 Å². The standard InChI is InChI=1S/C16H10Cl2FNO/c17-8-10-7-11(19)9-20-16(10)21-15-6-5-14(18)12-3-1-2-4-13(12)15/h1-7,9H,8H2. The van der Waals surface area contributed by atoms with Crippen LogP contribution >= 0.6 is 23.2 Å². The second-order valence-corrected chi connectivity index (χ2v) is 5.12. The van der Waals surface area contributed by atoms with Crippen LogP contribution in [0.5, 0.6) is 11.6 Å². The Bertz CT molecular complexity index is 807. The Balaban J connectivity index is 2.09. The molecule has 3 rings (SSSR count). The average molecular weight is 322 g/mol. The Morgan fingerprint density at radius 1 is 1.10 bits per heavy atom. The first kappa shape index (κ1) is 14.1.